The Morgan fingerprint density at radius 1 is 1.03 bits per heavy atom. The highest BCUT2D eigenvalue weighted by molar-refractivity contribution is 5.88. The van der Waals surface area contributed by atoms with Crippen molar-refractivity contribution < 1.29 is 18.7 Å². The van der Waals surface area contributed by atoms with Crippen LogP contribution in [0.3, 0.4) is 0 Å². The van der Waals surface area contributed by atoms with Gasteiger partial charge in [0.15, 0.2) is 0 Å². The van der Waals surface area contributed by atoms with Crippen LogP contribution < -0.4 is 10.1 Å². The first-order valence-corrected chi connectivity index (χ1v) is 11.4. The van der Waals surface area contributed by atoms with Crippen LogP contribution in [0.4, 0.5) is 4.39 Å². The van der Waals surface area contributed by atoms with Crippen molar-refractivity contribution in [1.29, 1.82) is 0 Å². The summed E-state index contributed by atoms with van der Waals surface area (Å²) >= 11 is 0. The first-order chi connectivity index (χ1) is 15.1. The van der Waals surface area contributed by atoms with Crippen LogP contribution in [-0.4, -0.2) is 32.3 Å². The molecule has 4 nitrogen and oxygen atoms in total. The van der Waals surface area contributed by atoms with E-state index in [9.17, 15) is 9.18 Å². The summed E-state index contributed by atoms with van der Waals surface area (Å²) in [6.07, 6.45) is 5.22. The van der Waals surface area contributed by atoms with Crippen molar-refractivity contribution in [2.45, 2.75) is 56.3 Å². The van der Waals surface area contributed by atoms with Crippen LogP contribution in [0, 0.1) is 5.82 Å². The van der Waals surface area contributed by atoms with E-state index in [1.807, 2.05) is 25.1 Å². The lowest BCUT2D eigenvalue weighted by atomic mass is 9.73. The quantitative estimate of drug-likeness (QED) is 0.686. The number of carbonyl (C=O) groups is 1. The smallest absolute Gasteiger partial charge is 0.230 e. The number of hydrogen-bond donors (Lipinski definition) is 1. The predicted octanol–water partition coefficient (Wildman–Crippen LogP) is 4.90. The maximum atomic E-state index is 13.9. The minimum Gasteiger partial charge on any atom is -0.494 e. The van der Waals surface area contributed by atoms with Crippen molar-refractivity contribution in [3.63, 3.8) is 0 Å². The zero-order valence-corrected chi connectivity index (χ0v) is 18.3. The Labute approximate surface area is 184 Å². The van der Waals surface area contributed by atoms with Gasteiger partial charge >= 0.3 is 0 Å². The molecular weight excluding hydrogens is 393 g/mol. The first-order valence-electron chi connectivity index (χ1n) is 11.4. The van der Waals surface area contributed by atoms with Gasteiger partial charge in [0.2, 0.25) is 5.91 Å². The van der Waals surface area contributed by atoms with Crippen molar-refractivity contribution in [3.05, 3.63) is 65.5 Å². The minimum absolute atomic E-state index is 0.0207. The molecule has 2 fully saturated rings. The van der Waals surface area contributed by atoms with Gasteiger partial charge in [0.05, 0.1) is 12.0 Å². The number of carbonyl (C=O) groups excluding carboxylic acids is 1. The Morgan fingerprint density at radius 2 is 1.74 bits per heavy atom. The van der Waals surface area contributed by atoms with Crippen LogP contribution in [0.15, 0.2) is 48.5 Å². The minimum atomic E-state index is -0.632. The molecule has 31 heavy (non-hydrogen) atoms. The highest BCUT2D eigenvalue weighted by atomic mass is 19.1. The molecule has 0 aromatic heterocycles. The summed E-state index contributed by atoms with van der Waals surface area (Å²) in [5, 5.41) is 3.28. The molecule has 4 rings (SSSR count). The third-order valence-corrected chi connectivity index (χ3v) is 7.08. The molecule has 1 aliphatic carbocycles. The topological polar surface area (TPSA) is 47.6 Å². The summed E-state index contributed by atoms with van der Waals surface area (Å²) in [5.41, 5.74) is 1.20. The average molecular weight is 426 g/mol. The average Bonchev–Trinajstić information content (AvgIpc) is 3.30. The molecule has 0 unspecified atom stereocenters. The van der Waals surface area contributed by atoms with E-state index in [4.69, 9.17) is 9.47 Å². The number of benzene rings is 2. The van der Waals surface area contributed by atoms with Gasteiger partial charge in [-0.05, 0) is 68.0 Å². The lowest BCUT2D eigenvalue weighted by Gasteiger charge is -2.39. The molecule has 0 spiro atoms. The fraction of sp³-hybridized carbons (Fsp3) is 0.500. The Hall–Kier alpha value is -2.40. The number of rotatable bonds is 7. The molecule has 0 atom stereocenters. The molecule has 1 saturated heterocycles. The number of hydrogen-bond acceptors (Lipinski definition) is 3. The summed E-state index contributed by atoms with van der Waals surface area (Å²) in [7, 11) is 0. The number of halogens is 1. The van der Waals surface area contributed by atoms with E-state index >= 15 is 0 Å². The van der Waals surface area contributed by atoms with E-state index in [-0.39, 0.29) is 17.1 Å². The number of ether oxygens (including phenoxy) is 2. The highest BCUT2D eigenvalue weighted by Gasteiger charge is 2.44. The second-order valence-corrected chi connectivity index (χ2v) is 8.83. The van der Waals surface area contributed by atoms with Crippen molar-refractivity contribution in [3.8, 4) is 5.75 Å². The fourth-order valence-electron chi connectivity index (χ4n) is 5.23. The summed E-state index contributed by atoms with van der Waals surface area (Å²) < 4.78 is 25.2. The Balaban J connectivity index is 1.55. The van der Waals surface area contributed by atoms with Crippen molar-refractivity contribution >= 4 is 5.91 Å². The second-order valence-electron chi connectivity index (χ2n) is 8.83. The summed E-state index contributed by atoms with van der Waals surface area (Å²) in [6, 6.07) is 14.8. The SMILES string of the molecule is CCOc1ccc(C2(CNC(=O)C3(c4cccc(F)c4)CCCC3)CCOCC2)cc1. The molecule has 2 aliphatic rings. The zero-order valence-electron chi connectivity index (χ0n) is 18.3. The van der Waals surface area contributed by atoms with Gasteiger partial charge in [0.25, 0.3) is 0 Å². The predicted molar refractivity (Wildman–Crippen MR) is 119 cm³/mol. The maximum absolute atomic E-state index is 13.9. The van der Waals surface area contributed by atoms with E-state index in [0.29, 0.717) is 26.4 Å². The molecule has 166 valence electrons. The molecule has 1 N–H and O–H groups in total. The lowest BCUT2D eigenvalue weighted by Crippen LogP contribution is -2.50. The first kappa shape index (κ1) is 21.8. The molecule has 2 aromatic rings. The molecule has 0 radical (unpaired) electrons. The largest absolute Gasteiger partial charge is 0.494 e. The van der Waals surface area contributed by atoms with Gasteiger partial charge in [-0.3, -0.25) is 4.79 Å². The van der Waals surface area contributed by atoms with Gasteiger partial charge in [-0.25, -0.2) is 4.39 Å². The van der Waals surface area contributed by atoms with Gasteiger partial charge in [-0.1, -0.05) is 37.1 Å². The molecule has 5 heteroatoms. The third kappa shape index (κ3) is 4.47. The van der Waals surface area contributed by atoms with Crippen molar-refractivity contribution in [1.82, 2.24) is 5.32 Å². The van der Waals surface area contributed by atoms with Crippen LogP contribution in [0.1, 0.15) is 56.6 Å². The van der Waals surface area contributed by atoms with Gasteiger partial charge in [0, 0.05) is 25.2 Å². The molecule has 1 amide bonds. The van der Waals surface area contributed by atoms with Gasteiger partial charge in [0.1, 0.15) is 11.6 Å². The van der Waals surface area contributed by atoms with Crippen LogP contribution in [0.25, 0.3) is 0 Å². The Bertz CT molecular complexity index is 884. The summed E-state index contributed by atoms with van der Waals surface area (Å²) in [6.45, 7) is 4.52. The van der Waals surface area contributed by atoms with E-state index in [0.717, 1.165) is 49.8 Å². The van der Waals surface area contributed by atoms with E-state index in [1.165, 1.54) is 17.7 Å². The van der Waals surface area contributed by atoms with Crippen LogP contribution in [-0.2, 0) is 20.4 Å². The summed E-state index contributed by atoms with van der Waals surface area (Å²) in [5.74, 6) is 0.591. The van der Waals surface area contributed by atoms with Crippen molar-refractivity contribution in [2.75, 3.05) is 26.4 Å². The molecule has 2 aromatic carbocycles. The molecule has 1 saturated carbocycles. The van der Waals surface area contributed by atoms with E-state index in [2.05, 4.69) is 17.4 Å². The second kappa shape index (κ2) is 9.39. The standard InChI is InChI=1S/C26H32FNO3/c1-2-31-23-10-8-20(9-11-23)25(14-16-30-17-15-25)19-28-24(29)26(12-3-4-13-26)21-6-5-7-22(27)18-21/h5-11,18H,2-4,12-17,19H2,1H3,(H,28,29). The van der Waals surface area contributed by atoms with E-state index in [1.54, 1.807) is 6.07 Å². The van der Waals surface area contributed by atoms with E-state index < -0.39 is 5.41 Å². The van der Waals surface area contributed by atoms with Crippen LogP contribution in [0.2, 0.25) is 0 Å². The number of amides is 1. The maximum Gasteiger partial charge on any atom is 0.230 e. The van der Waals surface area contributed by atoms with Crippen LogP contribution >= 0.6 is 0 Å². The van der Waals surface area contributed by atoms with Crippen molar-refractivity contribution in [2.24, 2.45) is 0 Å². The summed E-state index contributed by atoms with van der Waals surface area (Å²) in [4.78, 5) is 13.5. The third-order valence-electron chi connectivity index (χ3n) is 7.08. The highest BCUT2D eigenvalue weighted by Crippen LogP contribution is 2.42. The van der Waals surface area contributed by atoms with Gasteiger partial charge < -0.3 is 14.8 Å². The fourth-order valence-corrected chi connectivity index (χ4v) is 5.23. The Morgan fingerprint density at radius 3 is 2.39 bits per heavy atom. The van der Waals surface area contributed by atoms with Gasteiger partial charge in [-0.15, -0.1) is 0 Å². The normalized spacial score (nSPS) is 19.7. The van der Waals surface area contributed by atoms with Crippen LogP contribution in [0.5, 0.6) is 5.75 Å². The Kier molecular flexibility index (Phi) is 6.61. The molecule has 1 aliphatic heterocycles. The molecule has 0 bridgehead atoms. The number of nitrogens with one attached hydrogen (secondary N) is 1. The monoisotopic (exact) mass is 425 g/mol. The zero-order chi connectivity index (χ0) is 21.7. The molecular formula is C26H32FNO3. The molecule has 1 heterocycles. The van der Waals surface area contributed by atoms with Gasteiger partial charge in [-0.2, -0.15) is 0 Å². The lowest BCUT2D eigenvalue weighted by molar-refractivity contribution is -0.127.